The summed E-state index contributed by atoms with van der Waals surface area (Å²) in [6.07, 6.45) is 2.92. The van der Waals surface area contributed by atoms with Crippen molar-refractivity contribution in [1.29, 1.82) is 0 Å². The second-order valence-electron chi connectivity index (χ2n) is 12.3. The largest absolute Gasteiger partial charge is 0.483 e. The molecule has 4 rings (SSSR count). The quantitative estimate of drug-likeness (QED) is 0.253. The first-order valence-electron chi connectivity index (χ1n) is 14.8. The molecule has 2 amide bonds. The zero-order valence-corrected chi connectivity index (χ0v) is 26.6. The molecular weight excluding hydrogens is 582 g/mol. The van der Waals surface area contributed by atoms with Crippen molar-refractivity contribution in [3.63, 3.8) is 0 Å². The number of carbonyl (C=O) groups excluding carboxylic acids is 3. The van der Waals surface area contributed by atoms with Gasteiger partial charge in [0.25, 0.3) is 11.5 Å². The molecule has 0 spiro atoms. The van der Waals surface area contributed by atoms with Gasteiger partial charge in [0.05, 0.1) is 12.1 Å². The van der Waals surface area contributed by atoms with Crippen molar-refractivity contribution in [2.45, 2.75) is 72.2 Å². The van der Waals surface area contributed by atoms with E-state index < -0.39 is 47.8 Å². The number of Topliss-reactive ketones (excluding diaryl/α,β-unsaturated/α-hetero) is 1. The van der Waals surface area contributed by atoms with Gasteiger partial charge in [-0.2, -0.15) is 4.98 Å². The molecule has 1 unspecified atom stereocenters. The Morgan fingerprint density at radius 3 is 2.51 bits per heavy atom. The number of fused-ring (bicyclic) bond motifs is 1. The second kappa shape index (κ2) is 13.4. The molecule has 3 heterocycles. The van der Waals surface area contributed by atoms with Crippen molar-refractivity contribution >= 4 is 34.9 Å². The number of amides is 2. The van der Waals surface area contributed by atoms with E-state index in [0.717, 1.165) is 23.0 Å². The van der Waals surface area contributed by atoms with Gasteiger partial charge in [0.15, 0.2) is 23.6 Å². The highest BCUT2D eigenvalue weighted by Gasteiger charge is 2.29. The molecule has 1 atom stereocenters. The number of primary amides is 1. The van der Waals surface area contributed by atoms with Gasteiger partial charge in [-0.25, -0.2) is 9.59 Å². The summed E-state index contributed by atoms with van der Waals surface area (Å²) in [5.41, 5.74) is 4.63. The van der Waals surface area contributed by atoms with E-state index in [1.54, 1.807) is 37.5 Å². The Morgan fingerprint density at radius 2 is 1.84 bits per heavy atom. The van der Waals surface area contributed by atoms with Crippen LogP contribution in [-0.4, -0.2) is 67.8 Å². The van der Waals surface area contributed by atoms with Gasteiger partial charge in [0.1, 0.15) is 11.4 Å². The van der Waals surface area contributed by atoms with Gasteiger partial charge in [0, 0.05) is 32.7 Å². The van der Waals surface area contributed by atoms with E-state index in [4.69, 9.17) is 20.2 Å². The lowest BCUT2D eigenvalue weighted by molar-refractivity contribution is -0.119. The smallest absolute Gasteiger partial charge is 0.407 e. The fraction of sp³-hybridized carbons (Fsp3) is 0.484. The summed E-state index contributed by atoms with van der Waals surface area (Å²) >= 11 is 0. The topological polar surface area (TPSA) is 173 Å². The number of ketones is 1. The number of alkyl carbamates (subject to hydrolysis) is 1. The van der Waals surface area contributed by atoms with E-state index in [9.17, 15) is 24.0 Å². The summed E-state index contributed by atoms with van der Waals surface area (Å²) < 4.78 is 14.7. The molecular formula is C31H41N7O7. The minimum Gasteiger partial charge on any atom is -0.483 e. The van der Waals surface area contributed by atoms with Gasteiger partial charge >= 0.3 is 11.8 Å². The molecule has 1 saturated heterocycles. The first kappa shape index (κ1) is 33.0. The maximum absolute atomic E-state index is 14.0. The number of nitrogens with one attached hydrogen (secondary N) is 1. The summed E-state index contributed by atoms with van der Waals surface area (Å²) in [6, 6.07) is 6.01. The van der Waals surface area contributed by atoms with Crippen LogP contribution in [0.5, 0.6) is 5.75 Å². The Morgan fingerprint density at radius 1 is 1.13 bits per heavy atom. The zero-order valence-electron chi connectivity index (χ0n) is 26.6. The molecule has 45 heavy (non-hydrogen) atoms. The van der Waals surface area contributed by atoms with Crippen molar-refractivity contribution in [3.8, 4) is 5.75 Å². The molecule has 3 aromatic rings. The Bertz CT molecular complexity index is 1760. The van der Waals surface area contributed by atoms with Crippen LogP contribution < -0.4 is 31.9 Å². The molecule has 2 aromatic heterocycles. The van der Waals surface area contributed by atoms with Crippen LogP contribution in [0, 0.1) is 0 Å². The molecule has 0 saturated carbocycles. The molecule has 1 fully saturated rings. The van der Waals surface area contributed by atoms with Crippen molar-refractivity contribution in [2.75, 3.05) is 24.6 Å². The van der Waals surface area contributed by atoms with Crippen molar-refractivity contribution in [2.24, 2.45) is 12.8 Å². The number of nitrogens with two attached hydrogens (primary N) is 1. The summed E-state index contributed by atoms with van der Waals surface area (Å²) in [6.45, 7) is 9.59. The Balaban J connectivity index is 1.75. The average Bonchev–Trinajstić information content (AvgIpc) is 3.35. The third-order valence-electron chi connectivity index (χ3n) is 7.18. The van der Waals surface area contributed by atoms with Crippen LogP contribution >= 0.6 is 0 Å². The number of ether oxygens (including phenoxy) is 2. The predicted molar refractivity (Wildman–Crippen MR) is 169 cm³/mol. The number of imidazole rings is 1. The highest BCUT2D eigenvalue weighted by molar-refractivity contribution is 5.98. The Labute approximate surface area is 260 Å². The average molecular weight is 624 g/mol. The van der Waals surface area contributed by atoms with E-state index >= 15 is 0 Å². The van der Waals surface area contributed by atoms with Crippen LogP contribution in [0.25, 0.3) is 11.2 Å². The van der Waals surface area contributed by atoms with Gasteiger partial charge in [0.2, 0.25) is 5.95 Å². The van der Waals surface area contributed by atoms with Crippen molar-refractivity contribution in [1.82, 2.24) is 24.0 Å². The fourth-order valence-corrected chi connectivity index (χ4v) is 5.14. The van der Waals surface area contributed by atoms with E-state index in [-0.39, 0.29) is 28.5 Å². The molecule has 0 aliphatic carbocycles. The number of hydrogen-bond donors (Lipinski definition) is 2. The number of allylic oxidation sites excluding steroid dienone is 2. The minimum atomic E-state index is -0.714. The maximum atomic E-state index is 14.0. The van der Waals surface area contributed by atoms with Crippen LogP contribution in [0.2, 0.25) is 0 Å². The van der Waals surface area contributed by atoms with Crippen LogP contribution in [0.4, 0.5) is 10.7 Å². The molecule has 1 aromatic carbocycles. The van der Waals surface area contributed by atoms with E-state index in [1.165, 1.54) is 23.7 Å². The minimum absolute atomic E-state index is 0.100. The molecule has 14 nitrogen and oxygen atoms in total. The third-order valence-corrected chi connectivity index (χ3v) is 7.18. The molecule has 3 N–H and O–H groups in total. The monoisotopic (exact) mass is 623 g/mol. The molecule has 0 radical (unpaired) electrons. The van der Waals surface area contributed by atoms with Crippen molar-refractivity contribution in [3.05, 3.63) is 62.3 Å². The van der Waals surface area contributed by atoms with Gasteiger partial charge in [-0.15, -0.1) is 0 Å². The van der Waals surface area contributed by atoms with E-state index in [0.29, 0.717) is 25.6 Å². The molecule has 1 aliphatic rings. The number of carbonyl (C=O) groups is 3. The molecule has 1 aliphatic heterocycles. The number of hydrogen-bond acceptors (Lipinski definition) is 9. The first-order valence-corrected chi connectivity index (χ1v) is 14.8. The summed E-state index contributed by atoms with van der Waals surface area (Å²) in [5.74, 6) is -0.687. The number of nitrogens with zero attached hydrogens (tertiary/aromatic N) is 5. The van der Waals surface area contributed by atoms with Crippen LogP contribution in [0.3, 0.4) is 0 Å². The number of rotatable bonds is 10. The van der Waals surface area contributed by atoms with Gasteiger partial charge in [-0.1, -0.05) is 23.8 Å². The highest BCUT2D eigenvalue weighted by Crippen LogP contribution is 2.24. The van der Waals surface area contributed by atoms with Crippen LogP contribution in [0.1, 0.15) is 57.8 Å². The number of aromatic nitrogens is 4. The van der Waals surface area contributed by atoms with Crippen molar-refractivity contribution < 1.29 is 23.9 Å². The Hall–Kier alpha value is -4.88. The lowest BCUT2D eigenvalue weighted by Gasteiger charge is -2.34. The third kappa shape index (κ3) is 7.80. The maximum Gasteiger partial charge on any atom is 0.407 e. The predicted octanol–water partition coefficient (Wildman–Crippen LogP) is 2.10. The number of aryl methyl sites for hydroxylation is 1. The van der Waals surface area contributed by atoms with E-state index in [2.05, 4.69) is 5.32 Å². The first-order chi connectivity index (χ1) is 21.2. The van der Waals surface area contributed by atoms with Crippen LogP contribution in [-0.2, 0) is 29.7 Å². The van der Waals surface area contributed by atoms with Crippen LogP contribution in [0.15, 0.2) is 45.5 Å². The highest BCUT2D eigenvalue weighted by atomic mass is 16.6. The number of para-hydroxylation sites is 1. The number of benzene rings is 1. The van der Waals surface area contributed by atoms with E-state index in [1.807, 2.05) is 24.8 Å². The number of anilines is 1. The molecule has 242 valence electrons. The molecule has 0 bridgehead atoms. The fourth-order valence-electron chi connectivity index (χ4n) is 5.14. The van der Waals surface area contributed by atoms with Gasteiger partial charge in [-0.3, -0.25) is 23.5 Å². The summed E-state index contributed by atoms with van der Waals surface area (Å²) in [7, 11) is 1.50. The Kier molecular flexibility index (Phi) is 9.84. The SMILES string of the molecule is CC(C)=CCn1c(N2CCCC(NC(=O)OC(C)(C)C)C2)nc2c1c(=O)n(CC(=O)c1ccccc1OCC(N)=O)c(=O)n2C. The summed E-state index contributed by atoms with van der Waals surface area (Å²) in [4.78, 5) is 71.3. The second-order valence-corrected chi connectivity index (χ2v) is 12.3. The summed E-state index contributed by atoms with van der Waals surface area (Å²) in [5, 5.41) is 2.93. The zero-order chi connectivity index (χ0) is 33.1. The standard InChI is InChI=1S/C31H41N7O7/c1-19(2)13-15-37-25-26(34-28(37)36-14-9-10-20(16-36)33-29(42)45-31(3,4)5)35(6)30(43)38(27(25)41)17-22(39)21-11-7-8-12-23(21)44-18-24(32)40/h7-8,11-13,20H,9-10,14-18H2,1-6H3,(H2,32,40)(H,33,42). The van der Waals surface area contributed by atoms with Gasteiger partial charge < -0.3 is 30.0 Å². The lowest BCUT2D eigenvalue weighted by atomic mass is 10.1. The normalized spacial score (nSPS) is 15.1. The lowest BCUT2D eigenvalue weighted by Crippen LogP contribution is -2.49. The van der Waals surface area contributed by atoms with Gasteiger partial charge in [-0.05, 0) is 59.6 Å². The molecule has 14 heteroatoms. The number of piperidine rings is 1.